The third-order valence-electron chi connectivity index (χ3n) is 5.28. The standard InChI is InChI=1S/C22H24Cl2N2O4/c23-16-5-3-6-17(21(16)24)26-9-8-25-7-2-1-4-14-12-28-18-11-20-19(29-13-30-20)10-15(18)22(14)27/h10-12,25H,1-9,13H2. The zero-order chi connectivity index (χ0) is 20.9. The number of unbranched alkanes of at least 4 members (excludes halogenated alkanes) is 1. The van der Waals surface area contributed by atoms with E-state index in [1.807, 2.05) is 0 Å². The SMILES string of the molecule is O=c1c(CCCCNCCN=C2CCCC(Cl)=C2Cl)coc2cc3c(cc12)OCO3. The first-order valence-electron chi connectivity index (χ1n) is 10.3. The van der Waals surface area contributed by atoms with Crippen molar-refractivity contribution in [1.29, 1.82) is 0 Å². The fourth-order valence-electron chi connectivity index (χ4n) is 3.63. The van der Waals surface area contributed by atoms with Crippen molar-refractivity contribution in [3.8, 4) is 11.5 Å². The summed E-state index contributed by atoms with van der Waals surface area (Å²) in [6, 6.07) is 3.41. The van der Waals surface area contributed by atoms with Crippen molar-refractivity contribution in [3.63, 3.8) is 0 Å². The fourth-order valence-corrected chi connectivity index (χ4v) is 4.12. The van der Waals surface area contributed by atoms with Gasteiger partial charge >= 0.3 is 0 Å². The van der Waals surface area contributed by atoms with E-state index >= 15 is 0 Å². The van der Waals surface area contributed by atoms with Gasteiger partial charge in [-0.15, -0.1) is 0 Å². The third kappa shape index (κ3) is 4.82. The normalized spacial score (nSPS) is 17.3. The van der Waals surface area contributed by atoms with Gasteiger partial charge in [0.15, 0.2) is 16.9 Å². The summed E-state index contributed by atoms with van der Waals surface area (Å²) in [6.45, 7) is 2.51. The van der Waals surface area contributed by atoms with E-state index in [9.17, 15) is 4.79 Å². The molecule has 8 heteroatoms. The highest BCUT2D eigenvalue weighted by Crippen LogP contribution is 2.35. The van der Waals surface area contributed by atoms with Gasteiger partial charge in [-0.2, -0.15) is 0 Å². The lowest BCUT2D eigenvalue weighted by Crippen LogP contribution is -2.20. The Kier molecular flexibility index (Phi) is 6.97. The molecule has 0 bridgehead atoms. The number of hydrogen-bond acceptors (Lipinski definition) is 6. The molecule has 2 aromatic rings. The lowest BCUT2D eigenvalue weighted by atomic mass is 10.1. The van der Waals surface area contributed by atoms with Gasteiger partial charge in [0.25, 0.3) is 0 Å². The number of nitrogens with one attached hydrogen (secondary N) is 1. The molecule has 1 aliphatic carbocycles. The van der Waals surface area contributed by atoms with Crippen LogP contribution in [0.3, 0.4) is 0 Å². The summed E-state index contributed by atoms with van der Waals surface area (Å²) in [4.78, 5) is 17.3. The zero-order valence-corrected chi connectivity index (χ0v) is 18.2. The van der Waals surface area contributed by atoms with Gasteiger partial charge in [0, 0.05) is 23.2 Å². The molecule has 6 nitrogen and oxygen atoms in total. The van der Waals surface area contributed by atoms with Crippen molar-refractivity contribution in [1.82, 2.24) is 5.32 Å². The lowest BCUT2D eigenvalue weighted by Gasteiger charge is -2.13. The predicted molar refractivity (Wildman–Crippen MR) is 119 cm³/mol. The maximum Gasteiger partial charge on any atom is 0.231 e. The largest absolute Gasteiger partial charge is 0.464 e. The summed E-state index contributed by atoms with van der Waals surface area (Å²) in [6.07, 6.45) is 6.84. The predicted octanol–water partition coefficient (Wildman–Crippen LogP) is 4.75. The smallest absolute Gasteiger partial charge is 0.231 e. The van der Waals surface area contributed by atoms with E-state index in [1.54, 1.807) is 18.4 Å². The van der Waals surface area contributed by atoms with Crippen molar-refractivity contribution in [2.75, 3.05) is 26.4 Å². The Morgan fingerprint density at radius 3 is 2.77 bits per heavy atom. The number of nitrogens with zero attached hydrogens (tertiary/aromatic N) is 1. The van der Waals surface area contributed by atoms with Crippen molar-refractivity contribution in [3.05, 3.63) is 44.2 Å². The van der Waals surface area contributed by atoms with Crippen LogP contribution in [-0.4, -0.2) is 32.1 Å². The molecule has 2 heterocycles. The van der Waals surface area contributed by atoms with E-state index in [0.29, 0.717) is 46.0 Å². The molecule has 0 amide bonds. The number of benzene rings is 1. The second-order valence-corrected chi connectivity index (χ2v) is 8.23. The molecular weight excluding hydrogens is 427 g/mol. The third-order valence-corrected chi connectivity index (χ3v) is 6.20. The van der Waals surface area contributed by atoms with Gasteiger partial charge in [0.1, 0.15) is 5.58 Å². The first kappa shape index (κ1) is 21.2. The van der Waals surface area contributed by atoms with E-state index < -0.39 is 0 Å². The lowest BCUT2D eigenvalue weighted by molar-refractivity contribution is 0.174. The number of hydrogen-bond donors (Lipinski definition) is 1. The van der Waals surface area contributed by atoms with Gasteiger partial charge in [-0.05, 0) is 51.1 Å². The van der Waals surface area contributed by atoms with Crippen LogP contribution in [0, 0.1) is 0 Å². The Bertz CT molecular complexity index is 1050. The number of halogens is 2. The molecule has 1 aliphatic heterocycles. The second-order valence-electron chi connectivity index (χ2n) is 7.40. The molecule has 0 radical (unpaired) electrons. The van der Waals surface area contributed by atoms with Crippen molar-refractivity contribution in [2.45, 2.75) is 38.5 Å². The molecule has 0 unspecified atom stereocenters. The molecule has 1 aromatic carbocycles. The van der Waals surface area contributed by atoms with Crippen LogP contribution in [0.1, 0.15) is 37.7 Å². The Balaban J connectivity index is 1.21. The first-order chi connectivity index (χ1) is 14.6. The topological polar surface area (TPSA) is 73.1 Å². The van der Waals surface area contributed by atoms with Crippen LogP contribution in [0.2, 0.25) is 0 Å². The average Bonchev–Trinajstić information content (AvgIpc) is 3.20. The van der Waals surface area contributed by atoms with Crippen molar-refractivity contribution in [2.24, 2.45) is 4.99 Å². The van der Waals surface area contributed by atoms with Crippen LogP contribution in [-0.2, 0) is 6.42 Å². The maximum atomic E-state index is 12.7. The van der Waals surface area contributed by atoms with Gasteiger partial charge in [-0.25, -0.2) is 0 Å². The minimum absolute atomic E-state index is 0.00518. The maximum absolute atomic E-state index is 12.7. The Morgan fingerprint density at radius 1 is 1.07 bits per heavy atom. The number of aliphatic imine (C=N–C) groups is 1. The van der Waals surface area contributed by atoms with Crippen LogP contribution in [0.25, 0.3) is 11.0 Å². The molecule has 2 aliphatic rings. The minimum Gasteiger partial charge on any atom is -0.464 e. The molecule has 160 valence electrons. The summed E-state index contributed by atoms with van der Waals surface area (Å²) in [5, 5.41) is 5.26. The Labute approximate surface area is 184 Å². The summed E-state index contributed by atoms with van der Waals surface area (Å²) in [5.41, 5.74) is 2.11. The van der Waals surface area contributed by atoms with Gasteiger partial charge in [0.05, 0.1) is 28.9 Å². The fraction of sp³-hybridized carbons (Fsp3) is 0.455. The zero-order valence-electron chi connectivity index (χ0n) is 16.6. The molecule has 1 aromatic heterocycles. The summed E-state index contributed by atoms with van der Waals surface area (Å²) >= 11 is 12.3. The Hall–Kier alpha value is -2.02. The summed E-state index contributed by atoms with van der Waals surface area (Å²) in [7, 11) is 0. The quantitative estimate of drug-likeness (QED) is 0.587. The van der Waals surface area contributed by atoms with E-state index in [1.165, 1.54) is 0 Å². The second kappa shape index (κ2) is 9.86. The molecule has 0 fully saturated rings. The number of ether oxygens (including phenoxy) is 2. The van der Waals surface area contributed by atoms with Crippen molar-refractivity contribution < 1.29 is 13.9 Å². The van der Waals surface area contributed by atoms with Crippen molar-refractivity contribution >= 4 is 39.9 Å². The first-order valence-corrected chi connectivity index (χ1v) is 11.0. The summed E-state index contributed by atoms with van der Waals surface area (Å²) < 4.78 is 16.3. The highest BCUT2D eigenvalue weighted by molar-refractivity contribution is 6.49. The van der Waals surface area contributed by atoms with E-state index in [2.05, 4.69) is 10.3 Å². The molecular formula is C22H24Cl2N2O4. The van der Waals surface area contributed by atoms with Crippen LogP contribution in [0.4, 0.5) is 0 Å². The van der Waals surface area contributed by atoms with Crippen LogP contribution in [0.15, 0.2) is 42.7 Å². The minimum atomic E-state index is -0.00518. The average molecular weight is 451 g/mol. The van der Waals surface area contributed by atoms with Crippen LogP contribution < -0.4 is 20.2 Å². The molecule has 4 rings (SSSR count). The van der Waals surface area contributed by atoms with E-state index in [4.69, 9.17) is 37.1 Å². The van der Waals surface area contributed by atoms with Gasteiger partial charge < -0.3 is 19.2 Å². The van der Waals surface area contributed by atoms with Crippen LogP contribution in [0.5, 0.6) is 11.5 Å². The number of aryl methyl sites for hydroxylation is 1. The Morgan fingerprint density at radius 2 is 1.90 bits per heavy atom. The molecule has 0 atom stereocenters. The number of fused-ring (bicyclic) bond motifs is 2. The van der Waals surface area contributed by atoms with Gasteiger partial charge in [0.2, 0.25) is 6.79 Å². The van der Waals surface area contributed by atoms with Gasteiger partial charge in [-0.1, -0.05) is 23.2 Å². The highest BCUT2D eigenvalue weighted by atomic mass is 35.5. The van der Waals surface area contributed by atoms with Gasteiger partial charge in [-0.3, -0.25) is 9.79 Å². The monoisotopic (exact) mass is 450 g/mol. The molecule has 0 saturated carbocycles. The number of rotatable bonds is 8. The number of allylic oxidation sites excluding steroid dienone is 2. The molecule has 1 N–H and O–H groups in total. The highest BCUT2D eigenvalue weighted by Gasteiger charge is 2.18. The van der Waals surface area contributed by atoms with Crippen LogP contribution >= 0.6 is 23.2 Å². The van der Waals surface area contributed by atoms with E-state index in [-0.39, 0.29) is 12.2 Å². The summed E-state index contributed by atoms with van der Waals surface area (Å²) in [5.74, 6) is 1.20. The molecule has 30 heavy (non-hydrogen) atoms. The van der Waals surface area contributed by atoms with E-state index in [0.717, 1.165) is 55.9 Å². The molecule has 0 spiro atoms. The molecule has 0 saturated heterocycles.